The zero-order valence-electron chi connectivity index (χ0n) is 17.1. The standard InChI is InChI=1S/C22H23N3O5S/c1-29-20(28)13-16(21-18(26)9-8-17-22(21)24-31-23-17)14-4-6-15(7-5-14)30-12-11-25-10-2-3-19(25)27/h4-9,16,26H,2-3,10-13H2,1H3/t16-/m0/s1. The van der Waals surface area contributed by atoms with Crippen molar-refractivity contribution in [2.45, 2.75) is 25.2 Å². The molecule has 0 radical (unpaired) electrons. The van der Waals surface area contributed by atoms with Crippen LogP contribution in [0.25, 0.3) is 11.0 Å². The number of ether oxygens (including phenoxy) is 2. The number of carbonyl (C=O) groups excluding carboxylic acids is 2. The van der Waals surface area contributed by atoms with Crippen LogP contribution in [0.1, 0.15) is 36.3 Å². The average Bonchev–Trinajstić information content (AvgIpc) is 3.42. The van der Waals surface area contributed by atoms with E-state index >= 15 is 0 Å². The number of phenols is 1. The van der Waals surface area contributed by atoms with Gasteiger partial charge in [-0.1, -0.05) is 12.1 Å². The minimum atomic E-state index is -0.448. The van der Waals surface area contributed by atoms with Crippen molar-refractivity contribution in [1.82, 2.24) is 13.6 Å². The highest BCUT2D eigenvalue weighted by atomic mass is 32.1. The molecule has 3 aromatic rings. The molecule has 0 unspecified atom stereocenters. The Morgan fingerprint density at radius 2 is 2.03 bits per heavy atom. The quantitative estimate of drug-likeness (QED) is 0.536. The highest BCUT2D eigenvalue weighted by molar-refractivity contribution is 7.00. The number of aromatic hydroxyl groups is 1. The average molecular weight is 442 g/mol. The first-order valence-electron chi connectivity index (χ1n) is 10.1. The number of likely N-dealkylation sites (tertiary alicyclic amines) is 1. The van der Waals surface area contributed by atoms with Gasteiger partial charge >= 0.3 is 5.97 Å². The first kappa shape index (κ1) is 21.0. The molecule has 2 aromatic carbocycles. The smallest absolute Gasteiger partial charge is 0.306 e. The molecular weight excluding hydrogens is 418 g/mol. The van der Waals surface area contributed by atoms with E-state index in [-0.39, 0.29) is 24.0 Å². The summed E-state index contributed by atoms with van der Waals surface area (Å²) < 4.78 is 19.2. The van der Waals surface area contributed by atoms with Crippen molar-refractivity contribution < 1.29 is 24.2 Å². The summed E-state index contributed by atoms with van der Waals surface area (Å²) in [5.41, 5.74) is 2.62. The molecule has 1 aliphatic heterocycles. The maximum Gasteiger partial charge on any atom is 0.306 e. The summed E-state index contributed by atoms with van der Waals surface area (Å²) in [6.07, 6.45) is 1.57. The zero-order chi connectivity index (χ0) is 21.8. The van der Waals surface area contributed by atoms with Crippen molar-refractivity contribution in [3.05, 3.63) is 47.5 Å². The summed E-state index contributed by atoms with van der Waals surface area (Å²) >= 11 is 1.06. The Labute approximate surface area is 183 Å². The third-order valence-electron chi connectivity index (χ3n) is 5.47. The van der Waals surface area contributed by atoms with Crippen LogP contribution in [0.3, 0.4) is 0 Å². The first-order valence-corrected chi connectivity index (χ1v) is 10.8. The maximum atomic E-state index is 12.1. The molecule has 2 heterocycles. The van der Waals surface area contributed by atoms with Gasteiger partial charge in [0.05, 0.1) is 31.8 Å². The van der Waals surface area contributed by atoms with Crippen molar-refractivity contribution >= 4 is 34.6 Å². The van der Waals surface area contributed by atoms with Crippen LogP contribution in [0.15, 0.2) is 36.4 Å². The Hall–Kier alpha value is -3.20. The van der Waals surface area contributed by atoms with Gasteiger partial charge in [-0.3, -0.25) is 9.59 Å². The Balaban J connectivity index is 1.54. The highest BCUT2D eigenvalue weighted by Crippen LogP contribution is 2.39. The van der Waals surface area contributed by atoms with E-state index in [1.54, 1.807) is 12.1 Å². The molecule has 1 aromatic heterocycles. The highest BCUT2D eigenvalue weighted by Gasteiger charge is 2.26. The number of benzene rings is 2. The lowest BCUT2D eigenvalue weighted by Gasteiger charge is -2.19. The van der Waals surface area contributed by atoms with Gasteiger partial charge in [0.2, 0.25) is 5.91 Å². The number of nitrogens with zero attached hydrogens (tertiary/aromatic N) is 3. The second-order valence-electron chi connectivity index (χ2n) is 7.36. The molecular formula is C22H23N3O5S. The van der Waals surface area contributed by atoms with E-state index in [1.807, 2.05) is 29.2 Å². The molecule has 162 valence electrons. The number of carbonyl (C=O) groups is 2. The predicted molar refractivity (Wildman–Crippen MR) is 115 cm³/mol. The molecule has 0 bridgehead atoms. The van der Waals surface area contributed by atoms with Gasteiger partial charge in [-0.2, -0.15) is 8.75 Å². The molecule has 1 amide bonds. The van der Waals surface area contributed by atoms with Crippen LogP contribution < -0.4 is 4.74 Å². The van der Waals surface area contributed by atoms with Crippen LogP contribution in [0.4, 0.5) is 0 Å². The number of fused-ring (bicyclic) bond motifs is 1. The summed E-state index contributed by atoms with van der Waals surface area (Å²) in [6.45, 7) is 1.77. The van der Waals surface area contributed by atoms with Gasteiger partial charge in [-0.25, -0.2) is 0 Å². The molecule has 0 spiro atoms. The Kier molecular flexibility index (Phi) is 6.31. The van der Waals surface area contributed by atoms with Crippen molar-refractivity contribution in [3.63, 3.8) is 0 Å². The summed E-state index contributed by atoms with van der Waals surface area (Å²) in [5, 5.41) is 10.6. The van der Waals surface area contributed by atoms with Crippen molar-refractivity contribution in [1.29, 1.82) is 0 Å². The van der Waals surface area contributed by atoms with Crippen molar-refractivity contribution in [2.24, 2.45) is 0 Å². The number of esters is 1. The van der Waals surface area contributed by atoms with Gasteiger partial charge in [-0.15, -0.1) is 0 Å². The van der Waals surface area contributed by atoms with Gasteiger partial charge in [0.15, 0.2) is 0 Å². The van der Waals surface area contributed by atoms with Crippen LogP contribution >= 0.6 is 11.7 Å². The van der Waals surface area contributed by atoms with Gasteiger partial charge in [0, 0.05) is 24.4 Å². The number of phenolic OH excluding ortho intramolecular Hbond substituents is 1. The second-order valence-corrected chi connectivity index (χ2v) is 7.89. The molecule has 8 nitrogen and oxygen atoms in total. The Morgan fingerprint density at radius 1 is 1.23 bits per heavy atom. The van der Waals surface area contributed by atoms with Crippen LogP contribution in [-0.2, 0) is 14.3 Å². The monoisotopic (exact) mass is 441 g/mol. The third-order valence-corrected chi connectivity index (χ3v) is 6.02. The number of hydrogen-bond acceptors (Lipinski definition) is 8. The summed E-state index contributed by atoms with van der Waals surface area (Å²) in [7, 11) is 1.34. The van der Waals surface area contributed by atoms with Crippen LogP contribution in [0, 0.1) is 0 Å². The van der Waals surface area contributed by atoms with Gasteiger partial charge < -0.3 is 19.5 Å². The van der Waals surface area contributed by atoms with Crippen LogP contribution in [0.5, 0.6) is 11.5 Å². The summed E-state index contributed by atoms with van der Waals surface area (Å²) in [6, 6.07) is 10.6. The molecule has 1 saturated heterocycles. The molecule has 0 saturated carbocycles. The van der Waals surface area contributed by atoms with Gasteiger partial charge in [0.1, 0.15) is 29.1 Å². The molecule has 4 rings (SSSR count). The van der Waals surface area contributed by atoms with Crippen molar-refractivity contribution in [3.8, 4) is 11.5 Å². The SMILES string of the molecule is COC(=O)C[C@@H](c1ccc(OCCN2CCCC2=O)cc1)c1c(O)ccc2nsnc12. The van der Waals surface area contributed by atoms with E-state index in [0.717, 1.165) is 30.3 Å². The predicted octanol–water partition coefficient (Wildman–Crippen LogP) is 3.09. The number of aromatic nitrogens is 2. The Bertz CT molecular complexity index is 1080. The van der Waals surface area contributed by atoms with Gasteiger partial charge in [0.25, 0.3) is 0 Å². The van der Waals surface area contributed by atoms with Crippen molar-refractivity contribution in [2.75, 3.05) is 26.8 Å². The fraction of sp³-hybridized carbons (Fsp3) is 0.364. The molecule has 31 heavy (non-hydrogen) atoms. The van der Waals surface area contributed by atoms with E-state index in [9.17, 15) is 14.7 Å². The third kappa shape index (κ3) is 4.61. The normalized spacial score (nSPS) is 14.7. The van der Waals surface area contributed by atoms with E-state index < -0.39 is 5.92 Å². The fourth-order valence-corrected chi connectivity index (χ4v) is 4.40. The number of methoxy groups -OCH3 is 1. The van der Waals surface area contributed by atoms with Gasteiger partial charge in [-0.05, 0) is 36.2 Å². The summed E-state index contributed by atoms with van der Waals surface area (Å²) in [4.78, 5) is 25.6. The van der Waals surface area contributed by atoms with E-state index in [0.29, 0.717) is 41.9 Å². The minimum Gasteiger partial charge on any atom is -0.508 e. The molecule has 1 aliphatic rings. The van der Waals surface area contributed by atoms with E-state index in [1.165, 1.54) is 7.11 Å². The minimum absolute atomic E-state index is 0.0535. The van der Waals surface area contributed by atoms with E-state index in [2.05, 4.69) is 8.75 Å². The largest absolute Gasteiger partial charge is 0.508 e. The number of hydrogen-bond donors (Lipinski definition) is 1. The lowest BCUT2D eigenvalue weighted by atomic mass is 9.87. The molecule has 9 heteroatoms. The fourth-order valence-electron chi connectivity index (χ4n) is 3.85. The maximum absolute atomic E-state index is 12.1. The molecule has 1 fully saturated rings. The summed E-state index contributed by atoms with van der Waals surface area (Å²) in [5.74, 6) is 0.0707. The molecule has 1 atom stereocenters. The first-order chi connectivity index (χ1) is 15.1. The van der Waals surface area contributed by atoms with Crippen LogP contribution in [-0.4, -0.2) is 57.4 Å². The number of amides is 1. The van der Waals surface area contributed by atoms with E-state index in [4.69, 9.17) is 9.47 Å². The second kappa shape index (κ2) is 9.30. The lowest BCUT2D eigenvalue weighted by molar-refractivity contribution is -0.140. The molecule has 1 N–H and O–H groups in total. The van der Waals surface area contributed by atoms with Crippen LogP contribution in [0.2, 0.25) is 0 Å². The lowest BCUT2D eigenvalue weighted by Crippen LogP contribution is -2.29. The zero-order valence-corrected chi connectivity index (χ0v) is 17.9. The molecule has 0 aliphatic carbocycles. The Morgan fingerprint density at radius 3 is 2.74 bits per heavy atom. The number of rotatable bonds is 8. The topological polar surface area (TPSA) is 102 Å².